The van der Waals surface area contributed by atoms with Crippen LogP contribution in [0.4, 0.5) is 0 Å². The number of aliphatic hydroxyl groups is 2. The Morgan fingerprint density at radius 3 is 2.83 bits per heavy atom. The van der Waals surface area contributed by atoms with Gasteiger partial charge < -0.3 is 15.1 Å². The molecule has 2 N–H and O–H groups in total. The topological polar surface area (TPSA) is 43.7 Å². The molecular weight excluding hydrogens is 154 g/mol. The monoisotopic (exact) mass is 173 g/mol. The highest BCUT2D eigenvalue weighted by Crippen LogP contribution is 2.15. The third-order valence-corrected chi connectivity index (χ3v) is 2.49. The van der Waals surface area contributed by atoms with Crippen LogP contribution in [-0.4, -0.2) is 47.5 Å². The maximum Gasteiger partial charge on any atom is 0.0524 e. The smallest absolute Gasteiger partial charge is 0.0524 e. The van der Waals surface area contributed by atoms with E-state index in [1.165, 1.54) is 0 Å². The van der Waals surface area contributed by atoms with Gasteiger partial charge in [0.1, 0.15) is 0 Å². The van der Waals surface area contributed by atoms with Gasteiger partial charge in [-0.15, -0.1) is 0 Å². The molecule has 0 saturated carbocycles. The van der Waals surface area contributed by atoms with Crippen LogP contribution in [0.25, 0.3) is 0 Å². The van der Waals surface area contributed by atoms with Gasteiger partial charge in [-0.25, -0.2) is 0 Å². The van der Waals surface area contributed by atoms with E-state index in [4.69, 9.17) is 10.2 Å². The summed E-state index contributed by atoms with van der Waals surface area (Å²) in [5, 5.41) is 17.9. The van der Waals surface area contributed by atoms with Crippen LogP contribution in [0.15, 0.2) is 0 Å². The van der Waals surface area contributed by atoms with Gasteiger partial charge in [0, 0.05) is 19.7 Å². The summed E-state index contributed by atoms with van der Waals surface area (Å²) in [7, 11) is 0. The van der Waals surface area contributed by atoms with Crippen LogP contribution in [0.1, 0.15) is 19.8 Å². The molecule has 0 radical (unpaired) electrons. The van der Waals surface area contributed by atoms with Crippen LogP contribution < -0.4 is 0 Å². The number of nitrogens with zero attached hydrogens (tertiary/aromatic N) is 1. The van der Waals surface area contributed by atoms with Crippen LogP contribution in [0.2, 0.25) is 0 Å². The third kappa shape index (κ3) is 3.09. The lowest BCUT2D eigenvalue weighted by Crippen LogP contribution is -2.25. The lowest BCUT2D eigenvalue weighted by molar-refractivity contribution is 0.160. The summed E-state index contributed by atoms with van der Waals surface area (Å²) in [5.74, 6) is 0.471. The molecule has 1 heterocycles. The Morgan fingerprint density at radius 2 is 2.33 bits per heavy atom. The fourth-order valence-electron chi connectivity index (χ4n) is 1.63. The Hall–Kier alpha value is -0.120. The molecule has 0 amide bonds. The maximum absolute atomic E-state index is 9.06. The standard InChI is InChI=1S/C9H19NO2/c1-8(12)2-4-10-5-3-9(6-10)7-11/h8-9,11-12H,2-7H2,1H3. The van der Waals surface area contributed by atoms with Gasteiger partial charge in [-0.2, -0.15) is 0 Å². The van der Waals surface area contributed by atoms with Gasteiger partial charge in [-0.3, -0.25) is 0 Å². The van der Waals surface area contributed by atoms with Crippen molar-refractivity contribution in [3.8, 4) is 0 Å². The largest absolute Gasteiger partial charge is 0.396 e. The molecule has 0 aromatic heterocycles. The van der Waals surface area contributed by atoms with E-state index in [9.17, 15) is 0 Å². The van der Waals surface area contributed by atoms with Gasteiger partial charge in [-0.05, 0) is 32.2 Å². The number of hydrogen-bond acceptors (Lipinski definition) is 3. The molecular formula is C9H19NO2. The van der Waals surface area contributed by atoms with Crippen molar-refractivity contribution in [1.29, 1.82) is 0 Å². The molecule has 0 spiro atoms. The van der Waals surface area contributed by atoms with Crippen LogP contribution in [0.3, 0.4) is 0 Å². The summed E-state index contributed by atoms with van der Waals surface area (Å²) in [5.41, 5.74) is 0. The minimum atomic E-state index is -0.196. The molecule has 0 aliphatic carbocycles. The average molecular weight is 173 g/mol. The molecule has 0 bridgehead atoms. The van der Waals surface area contributed by atoms with Gasteiger partial charge in [0.2, 0.25) is 0 Å². The fraction of sp³-hybridized carbons (Fsp3) is 1.00. The van der Waals surface area contributed by atoms with Crippen molar-refractivity contribution in [1.82, 2.24) is 4.90 Å². The van der Waals surface area contributed by atoms with E-state index in [1.807, 2.05) is 6.92 Å². The highest BCUT2D eigenvalue weighted by molar-refractivity contribution is 4.74. The van der Waals surface area contributed by atoms with Crippen molar-refractivity contribution in [2.45, 2.75) is 25.9 Å². The Labute approximate surface area is 74.0 Å². The molecule has 2 atom stereocenters. The summed E-state index contributed by atoms with van der Waals surface area (Å²) < 4.78 is 0. The first-order valence-corrected chi connectivity index (χ1v) is 4.73. The van der Waals surface area contributed by atoms with Crippen molar-refractivity contribution >= 4 is 0 Å². The molecule has 2 unspecified atom stereocenters. The number of hydrogen-bond donors (Lipinski definition) is 2. The summed E-state index contributed by atoms with van der Waals surface area (Å²) >= 11 is 0. The minimum absolute atomic E-state index is 0.196. The average Bonchev–Trinajstić information content (AvgIpc) is 2.48. The number of aliphatic hydroxyl groups excluding tert-OH is 2. The van der Waals surface area contributed by atoms with Crippen molar-refractivity contribution in [2.75, 3.05) is 26.2 Å². The van der Waals surface area contributed by atoms with E-state index in [0.717, 1.165) is 32.5 Å². The van der Waals surface area contributed by atoms with Crippen molar-refractivity contribution < 1.29 is 10.2 Å². The predicted molar refractivity (Wildman–Crippen MR) is 47.9 cm³/mol. The van der Waals surface area contributed by atoms with Gasteiger partial charge in [0.15, 0.2) is 0 Å². The first-order valence-electron chi connectivity index (χ1n) is 4.73. The number of likely N-dealkylation sites (tertiary alicyclic amines) is 1. The van der Waals surface area contributed by atoms with E-state index in [-0.39, 0.29) is 6.10 Å². The molecule has 3 heteroatoms. The Kier molecular flexibility index (Phi) is 3.98. The molecule has 72 valence electrons. The summed E-state index contributed by atoms with van der Waals surface area (Å²) in [6.45, 7) is 5.18. The van der Waals surface area contributed by atoms with Crippen LogP contribution in [0.5, 0.6) is 0 Å². The van der Waals surface area contributed by atoms with E-state index >= 15 is 0 Å². The summed E-state index contributed by atoms with van der Waals surface area (Å²) in [6, 6.07) is 0. The van der Waals surface area contributed by atoms with Crippen molar-refractivity contribution in [3.63, 3.8) is 0 Å². The minimum Gasteiger partial charge on any atom is -0.396 e. The second-order valence-electron chi connectivity index (χ2n) is 3.78. The zero-order valence-corrected chi connectivity index (χ0v) is 7.74. The van der Waals surface area contributed by atoms with Crippen LogP contribution in [0, 0.1) is 5.92 Å². The zero-order valence-electron chi connectivity index (χ0n) is 7.74. The van der Waals surface area contributed by atoms with Crippen LogP contribution in [-0.2, 0) is 0 Å². The third-order valence-electron chi connectivity index (χ3n) is 2.49. The normalized spacial score (nSPS) is 27.8. The summed E-state index contributed by atoms with van der Waals surface area (Å²) in [4.78, 5) is 2.31. The molecule has 12 heavy (non-hydrogen) atoms. The SMILES string of the molecule is CC(O)CCN1CCC(CO)C1. The molecule has 0 aromatic rings. The van der Waals surface area contributed by atoms with E-state index in [1.54, 1.807) is 0 Å². The van der Waals surface area contributed by atoms with Gasteiger partial charge >= 0.3 is 0 Å². The van der Waals surface area contributed by atoms with E-state index in [2.05, 4.69) is 4.90 Å². The van der Waals surface area contributed by atoms with Crippen molar-refractivity contribution in [3.05, 3.63) is 0 Å². The van der Waals surface area contributed by atoms with Crippen LogP contribution >= 0.6 is 0 Å². The van der Waals surface area contributed by atoms with E-state index in [0.29, 0.717) is 12.5 Å². The number of rotatable bonds is 4. The molecule has 0 aromatic carbocycles. The lowest BCUT2D eigenvalue weighted by Gasteiger charge is -2.15. The highest BCUT2D eigenvalue weighted by atomic mass is 16.3. The molecule has 1 fully saturated rings. The fourth-order valence-corrected chi connectivity index (χ4v) is 1.63. The Bertz CT molecular complexity index is 128. The van der Waals surface area contributed by atoms with Crippen molar-refractivity contribution in [2.24, 2.45) is 5.92 Å². The van der Waals surface area contributed by atoms with E-state index < -0.39 is 0 Å². The zero-order chi connectivity index (χ0) is 8.97. The molecule has 1 saturated heterocycles. The second-order valence-corrected chi connectivity index (χ2v) is 3.78. The summed E-state index contributed by atoms with van der Waals surface area (Å²) in [6.07, 6.45) is 1.76. The lowest BCUT2D eigenvalue weighted by atomic mass is 10.1. The van der Waals surface area contributed by atoms with Gasteiger partial charge in [0.05, 0.1) is 6.10 Å². The molecule has 1 rings (SSSR count). The van der Waals surface area contributed by atoms with Gasteiger partial charge in [0.25, 0.3) is 0 Å². The quantitative estimate of drug-likeness (QED) is 0.632. The first kappa shape index (κ1) is 9.96. The Balaban J connectivity index is 2.11. The maximum atomic E-state index is 9.06. The Morgan fingerprint density at radius 1 is 1.58 bits per heavy atom. The highest BCUT2D eigenvalue weighted by Gasteiger charge is 2.21. The molecule has 1 aliphatic rings. The first-order chi connectivity index (χ1) is 5.72. The molecule has 3 nitrogen and oxygen atoms in total. The second kappa shape index (κ2) is 4.80. The molecule has 1 aliphatic heterocycles. The predicted octanol–water partition coefficient (Wildman–Crippen LogP) is 0.0715. The van der Waals surface area contributed by atoms with Gasteiger partial charge in [-0.1, -0.05) is 0 Å².